The van der Waals surface area contributed by atoms with E-state index < -0.39 is 26.7 Å². The number of rotatable bonds is 3. The average molecular weight is 347 g/mol. The van der Waals surface area contributed by atoms with Gasteiger partial charge in [0.05, 0.1) is 12.1 Å². The molecule has 0 amide bonds. The standard InChI is InChI=1S/C9H11NO7P2.K.H/c11-18(12,13)9(19(14,15)16)6-8(10-17-9)7-4-2-1-3-5-7;;/h1-5H,6H2,(H2,11,12,13)(H2,14,15,16);;. The third-order valence-corrected chi connectivity index (χ3v) is 6.58. The van der Waals surface area contributed by atoms with Crippen LogP contribution in [0.3, 0.4) is 0 Å². The van der Waals surface area contributed by atoms with E-state index in [2.05, 4.69) is 9.99 Å². The number of benzene rings is 1. The fourth-order valence-electron chi connectivity index (χ4n) is 1.68. The quantitative estimate of drug-likeness (QED) is 0.452. The van der Waals surface area contributed by atoms with Gasteiger partial charge in [-0.3, -0.25) is 9.13 Å². The van der Waals surface area contributed by atoms with E-state index in [0.29, 0.717) is 5.56 Å². The van der Waals surface area contributed by atoms with E-state index in [1.54, 1.807) is 30.3 Å². The SMILES string of the molecule is O=P(O)(O)C1(P(=O)(O)O)CC(c2ccccc2)=NO1.[KH]. The Morgan fingerprint density at radius 3 is 1.95 bits per heavy atom. The van der Waals surface area contributed by atoms with Crippen molar-refractivity contribution in [1.82, 2.24) is 0 Å². The van der Waals surface area contributed by atoms with Crippen LogP contribution in [0.2, 0.25) is 0 Å². The topological polar surface area (TPSA) is 137 Å². The molecule has 0 unspecified atom stereocenters. The van der Waals surface area contributed by atoms with Crippen LogP contribution in [0.1, 0.15) is 12.0 Å². The Morgan fingerprint density at radius 2 is 1.55 bits per heavy atom. The molecule has 4 N–H and O–H groups in total. The normalized spacial score (nSPS) is 17.9. The van der Waals surface area contributed by atoms with Crippen molar-refractivity contribution in [2.24, 2.45) is 5.16 Å². The molecular weight excluding hydrogens is 335 g/mol. The van der Waals surface area contributed by atoms with Gasteiger partial charge in [0.1, 0.15) is 0 Å². The Bertz CT molecular complexity index is 586. The third kappa shape index (κ3) is 3.34. The van der Waals surface area contributed by atoms with Crippen molar-refractivity contribution in [2.75, 3.05) is 0 Å². The Hall–Kier alpha value is 0.626. The minimum atomic E-state index is -5.22. The molecule has 20 heavy (non-hydrogen) atoms. The molecule has 0 atom stereocenters. The summed E-state index contributed by atoms with van der Waals surface area (Å²) in [6.07, 6.45) is -0.661. The second kappa shape index (κ2) is 6.40. The first-order valence-corrected chi connectivity index (χ1v) is 8.32. The van der Waals surface area contributed by atoms with Gasteiger partial charge in [0.25, 0.3) is 0 Å². The molecule has 0 bridgehead atoms. The van der Waals surface area contributed by atoms with Crippen LogP contribution in [0.4, 0.5) is 0 Å². The van der Waals surface area contributed by atoms with Crippen LogP contribution in [0.15, 0.2) is 35.5 Å². The summed E-state index contributed by atoms with van der Waals surface area (Å²) in [5.41, 5.74) is 0.554. The zero-order valence-electron chi connectivity index (χ0n) is 9.45. The van der Waals surface area contributed by atoms with Crippen LogP contribution >= 0.6 is 15.2 Å². The van der Waals surface area contributed by atoms with Gasteiger partial charge >= 0.3 is 71.7 Å². The summed E-state index contributed by atoms with van der Waals surface area (Å²) in [6, 6.07) is 8.23. The van der Waals surface area contributed by atoms with Crippen molar-refractivity contribution in [3.8, 4) is 0 Å². The third-order valence-electron chi connectivity index (χ3n) is 2.72. The zero-order valence-corrected chi connectivity index (χ0v) is 11.2. The van der Waals surface area contributed by atoms with Crippen LogP contribution in [0.5, 0.6) is 0 Å². The van der Waals surface area contributed by atoms with Crippen molar-refractivity contribution >= 4 is 72.3 Å². The molecule has 1 aromatic carbocycles. The summed E-state index contributed by atoms with van der Waals surface area (Å²) < 4.78 is 22.8. The maximum atomic E-state index is 11.4. The summed E-state index contributed by atoms with van der Waals surface area (Å²) in [5, 5.41) is 0.499. The van der Waals surface area contributed by atoms with Crippen LogP contribution in [-0.4, -0.2) is 81.8 Å². The van der Waals surface area contributed by atoms with Gasteiger partial charge in [0.2, 0.25) is 0 Å². The molecule has 0 saturated carbocycles. The van der Waals surface area contributed by atoms with Gasteiger partial charge in [-0.2, -0.15) is 0 Å². The summed E-state index contributed by atoms with van der Waals surface area (Å²) >= 11 is 0. The molecule has 1 heterocycles. The molecule has 2 rings (SSSR count). The number of hydrogen-bond acceptors (Lipinski definition) is 4. The molecule has 0 radical (unpaired) electrons. The Kier molecular flexibility index (Phi) is 5.97. The van der Waals surface area contributed by atoms with Crippen molar-refractivity contribution in [2.45, 2.75) is 11.5 Å². The van der Waals surface area contributed by atoms with Crippen LogP contribution < -0.4 is 0 Å². The van der Waals surface area contributed by atoms with E-state index in [1.165, 1.54) is 0 Å². The zero-order chi connectivity index (χ0) is 14.3. The maximum absolute atomic E-state index is 11.4. The Balaban J connectivity index is 0.00000200. The van der Waals surface area contributed by atoms with E-state index in [1.807, 2.05) is 0 Å². The molecule has 0 saturated heterocycles. The number of nitrogens with zero attached hydrogens (tertiary/aromatic N) is 1. The first-order valence-electron chi connectivity index (χ1n) is 5.09. The average Bonchev–Trinajstić information content (AvgIpc) is 2.75. The molecule has 11 heteroatoms. The van der Waals surface area contributed by atoms with Crippen molar-refractivity contribution in [3.05, 3.63) is 35.9 Å². The molecule has 1 aromatic rings. The second-order valence-corrected chi connectivity index (χ2v) is 7.98. The first kappa shape index (κ1) is 18.7. The van der Waals surface area contributed by atoms with Crippen LogP contribution in [0.25, 0.3) is 0 Å². The Labute approximate surface area is 157 Å². The van der Waals surface area contributed by atoms with Gasteiger partial charge in [0.15, 0.2) is 0 Å². The monoisotopic (exact) mass is 347 g/mol. The molecule has 0 fully saturated rings. The van der Waals surface area contributed by atoms with Crippen molar-refractivity contribution < 1.29 is 33.5 Å². The van der Waals surface area contributed by atoms with Gasteiger partial charge in [-0.25, -0.2) is 0 Å². The molecular formula is C9H12KNO7P2. The fraction of sp³-hybridized carbons (Fsp3) is 0.222. The summed E-state index contributed by atoms with van der Waals surface area (Å²) in [5.74, 6) is 0. The van der Waals surface area contributed by atoms with E-state index in [9.17, 15) is 28.7 Å². The predicted molar refractivity (Wildman–Crippen MR) is 72.6 cm³/mol. The fourth-order valence-corrected chi connectivity index (χ4v) is 4.04. The van der Waals surface area contributed by atoms with Gasteiger partial charge < -0.3 is 24.4 Å². The summed E-state index contributed by atoms with van der Waals surface area (Å²) in [4.78, 5) is 41.3. The molecule has 0 aromatic heterocycles. The van der Waals surface area contributed by atoms with Crippen molar-refractivity contribution in [1.29, 1.82) is 0 Å². The number of hydrogen-bond donors (Lipinski definition) is 4. The van der Waals surface area contributed by atoms with E-state index in [0.717, 1.165) is 0 Å². The minimum absolute atomic E-state index is 0. The first-order chi connectivity index (χ1) is 8.67. The molecule has 8 nitrogen and oxygen atoms in total. The van der Waals surface area contributed by atoms with Gasteiger partial charge in [-0.15, -0.1) is 0 Å². The van der Waals surface area contributed by atoms with Gasteiger partial charge in [0, 0.05) is 0 Å². The van der Waals surface area contributed by atoms with E-state index >= 15 is 0 Å². The van der Waals surface area contributed by atoms with Gasteiger partial charge in [-0.1, -0.05) is 35.5 Å². The molecule has 1 aliphatic heterocycles. The number of oxime groups is 1. The van der Waals surface area contributed by atoms with Crippen LogP contribution in [-0.2, 0) is 14.0 Å². The molecule has 0 aliphatic carbocycles. The van der Waals surface area contributed by atoms with Gasteiger partial charge in [-0.05, 0) is 5.56 Å². The van der Waals surface area contributed by atoms with Crippen molar-refractivity contribution in [3.63, 3.8) is 0 Å². The molecule has 106 valence electrons. The van der Waals surface area contributed by atoms with E-state index in [-0.39, 0.29) is 57.1 Å². The Morgan fingerprint density at radius 1 is 1.05 bits per heavy atom. The predicted octanol–water partition coefficient (Wildman–Crippen LogP) is 0.172. The molecule has 1 aliphatic rings. The van der Waals surface area contributed by atoms with Crippen LogP contribution in [0, 0.1) is 0 Å². The summed E-state index contributed by atoms with van der Waals surface area (Å²) in [7, 11) is -10.4. The summed E-state index contributed by atoms with van der Waals surface area (Å²) in [6.45, 7) is 0. The molecule has 0 spiro atoms. The second-order valence-electron chi connectivity index (χ2n) is 4.00. The van der Waals surface area contributed by atoms with E-state index in [4.69, 9.17) is 0 Å².